The molecule has 0 aromatic rings. The number of amides is 3. The van der Waals surface area contributed by atoms with E-state index in [0.717, 1.165) is 31.6 Å². The zero-order valence-electron chi connectivity index (χ0n) is 19.7. The standard InChI is InChI=1S/C23H39N3O6S/c1-3-10-29-12-14-31-16-17-32-15-13-30-11-9-24-21(27)8-6-5-7-20-22-19(18-33-20)25-23(28)26(22)4-2/h1,19-20,22H,4-18H2,2H3,(H,24,27)(H,25,28)/t19?,20-,22?/m0/s1. The number of nitrogens with one attached hydrogen (secondary N) is 2. The van der Waals surface area contributed by atoms with Crippen LogP contribution < -0.4 is 10.6 Å². The molecular weight excluding hydrogens is 446 g/mol. The van der Waals surface area contributed by atoms with E-state index in [4.69, 9.17) is 25.4 Å². The van der Waals surface area contributed by atoms with Crippen molar-refractivity contribution >= 4 is 23.7 Å². The number of fused-ring (bicyclic) bond motifs is 1. The van der Waals surface area contributed by atoms with E-state index in [1.807, 2.05) is 23.6 Å². The molecule has 2 unspecified atom stereocenters. The fourth-order valence-electron chi connectivity index (χ4n) is 3.99. The summed E-state index contributed by atoms with van der Waals surface area (Å²) >= 11 is 1.94. The van der Waals surface area contributed by atoms with Gasteiger partial charge in [0.05, 0.1) is 58.3 Å². The number of ether oxygens (including phenoxy) is 4. The first-order chi connectivity index (χ1) is 16.2. The van der Waals surface area contributed by atoms with E-state index in [-0.39, 0.29) is 18.0 Å². The summed E-state index contributed by atoms with van der Waals surface area (Å²) < 4.78 is 21.3. The van der Waals surface area contributed by atoms with E-state index >= 15 is 0 Å². The fraction of sp³-hybridized carbons (Fsp3) is 0.826. The maximum atomic E-state index is 12.0. The van der Waals surface area contributed by atoms with Gasteiger partial charge >= 0.3 is 6.03 Å². The van der Waals surface area contributed by atoms with Crippen LogP contribution in [0.1, 0.15) is 32.6 Å². The molecule has 3 atom stereocenters. The first-order valence-corrected chi connectivity index (χ1v) is 12.9. The number of hydrogen-bond acceptors (Lipinski definition) is 7. The molecule has 2 rings (SSSR count). The van der Waals surface area contributed by atoms with Crippen LogP contribution >= 0.6 is 11.8 Å². The van der Waals surface area contributed by atoms with E-state index in [9.17, 15) is 9.59 Å². The van der Waals surface area contributed by atoms with Crippen LogP contribution in [0.5, 0.6) is 0 Å². The zero-order valence-corrected chi connectivity index (χ0v) is 20.5. The molecule has 0 saturated carbocycles. The molecule has 3 amide bonds. The number of likely N-dealkylation sites (N-methyl/N-ethyl adjacent to an activating group) is 1. The third-order valence-electron chi connectivity index (χ3n) is 5.57. The summed E-state index contributed by atoms with van der Waals surface area (Å²) in [6, 6.07) is 0.645. The molecule has 2 heterocycles. The monoisotopic (exact) mass is 485 g/mol. The molecule has 0 aromatic carbocycles. The Kier molecular flexibility index (Phi) is 14.3. The molecule has 2 aliphatic rings. The zero-order chi connectivity index (χ0) is 23.7. The number of hydrogen-bond donors (Lipinski definition) is 2. The molecule has 10 heteroatoms. The number of unbranched alkanes of at least 4 members (excludes halogenated alkanes) is 1. The maximum absolute atomic E-state index is 12.0. The van der Waals surface area contributed by atoms with Gasteiger partial charge in [0.1, 0.15) is 6.61 Å². The second-order valence-electron chi connectivity index (χ2n) is 7.89. The number of carbonyl (C=O) groups excluding carboxylic acids is 2. The second-order valence-corrected chi connectivity index (χ2v) is 9.17. The summed E-state index contributed by atoms with van der Waals surface area (Å²) in [6.45, 7) is 7.00. The number of rotatable bonds is 19. The van der Waals surface area contributed by atoms with Crippen molar-refractivity contribution in [1.82, 2.24) is 15.5 Å². The Balaban J connectivity index is 1.35. The highest BCUT2D eigenvalue weighted by atomic mass is 32.2. The van der Waals surface area contributed by atoms with Gasteiger partial charge in [0.15, 0.2) is 0 Å². The van der Waals surface area contributed by atoms with E-state index < -0.39 is 0 Å². The van der Waals surface area contributed by atoms with Gasteiger partial charge in [-0.25, -0.2) is 4.79 Å². The molecule has 2 N–H and O–H groups in total. The smallest absolute Gasteiger partial charge is 0.318 e. The number of thioether (sulfide) groups is 1. The summed E-state index contributed by atoms with van der Waals surface area (Å²) in [7, 11) is 0. The molecule has 2 fully saturated rings. The van der Waals surface area contributed by atoms with Crippen LogP contribution in [0.15, 0.2) is 0 Å². The average molecular weight is 486 g/mol. The fourth-order valence-corrected chi connectivity index (χ4v) is 5.59. The van der Waals surface area contributed by atoms with Crippen LogP contribution in [0.2, 0.25) is 0 Å². The molecule has 0 aromatic heterocycles. The van der Waals surface area contributed by atoms with E-state index in [1.165, 1.54) is 0 Å². The van der Waals surface area contributed by atoms with E-state index in [1.54, 1.807) is 0 Å². The molecule has 0 spiro atoms. The van der Waals surface area contributed by atoms with Gasteiger partial charge in [-0.2, -0.15) is 11.8 Å². The van der Waals surface area contributed by atoms with Gasteiger partial charge in [0, 0.05) is 30.5 Å². The Morgan fingerprint density at radius 3 is 2.45 bits per heavy atom. The van der Waals surface area contributed by atoms with Gasteiger partial charge in [-0.15, -0.1) is 6.42 Å². The molecule has 2 saturated heterocycles. The van der Waals surface area contributed by atoms with Gasteiger partial charge in [-0.05, 0) is 19.8 Å². The molecule has 0 aliphatic carbocycles. The largest absolute Gasteiger partial charge is 0.377 e. The highest BCUT2D eigenvalue weighted by Crippen LogP contribution is 2.37. The van der Waals surface area contributed by atoms with Crippen molar-refractivity contribution in [2.75, 3.05) is 71.7 Å². The average Bonchev–Trinajstić information content (AvgIpc) is 3.34. The van der Waals surface area contributed by atoms with Crippen molar-refractivity contribution in [2.24, 2.45) is 0 Å². The lowest BCUT2D eigenvalue weighted by Gasteiger charge is -2.26. The highest BCUT2D eigenvalue weighted by Gasteiger charge is 2.47. The van der Waals surface area contributed by atoms with Gasteiger partial charge in [-0.3, -0.25) is 4.79 Å². The van der Waals surface area contributed by atoms with Crippen LogP contribution in [0.3, 0.4) is 0 Å². The van der Waals surface area contributed by atoms with Crippen LogP contribution in [0.25, 0.3) is 0 Å². The van der Waals surface area contributed by atoms with Crippen molar-refractivity contribution in [2.45, 2.75) is 49.9 Å². The third kappa shape index (κ3) is 10.5. The van der Waals surface area contributed by atoms with Crippen LogP contribution in [0.4, 0.5) is 4.79 Å². The SMILES string of the molecule is C#CCOCCOCCOCCOCCNC(=O)CCCC[C@@H]1SCC2NC(=O)N(CC)C21. The quantitative estimate of drug-likeness (QED) is 0.161. The molecule has 9 nitrogen and oxygen atoms in total. The highest BCUT2D eigenvalue weighted by molar-refractivity contribution is 8.00. The minimum atomic E-state index is 0.0584. The molecular formula is C23H39N3O6S. The second kappa shape index (κ2) is 17.0. The Bertz CT molecular complexity index is 617. The van der Waals surface area contributed by atoms with Crippen LogP contribution in [0, 0.1) is 12.3 Å². The minimum absolute atomic E-state index is 0.0584. The van der Waals surface area contributed by atoms with Crippen molar-refractivity contribution in [3.63, 3.8) is 0 Å². The number of nitrogens with zero attached hydrogens (tertiary/aromatic N) is 1. The summed E-state index contributed by atoms with van der Waals surface area (Å²) in [6.07, 6.45) is 8.49. The predicted molar refractivity (Wildman–Crippen MR) is 128 cm³/mol. The maximum Gasteiger partial charge on any atom is 0.318 e. The summed E-state index contributed by atoms with van der Waals surface area (Å²) in [5.74, 6) is 3.44. The first-order valence-electron chi connectivity index (χ1n) is 11.9. The normalized spacial score (nSPS) is 21.6. The minimum Gasteiger partial charge on any atom is -0.377 e. The Hall–Kier alpha value is -1.51. The Morgan fingerprint density at radius 2 is 1.79 bits per heavy atom. The number of carbonyl (C=O) groups is 2. The molecule has 0 bridgehead atoms. The van der Waals surface area contributed by atoms with Gasteiger partial charge in [-0.1, -0.05) is 12.3 Å². The first kappa shape index (κ1) is 27.7. The topological polar surface area (TPSA) is 98.4 Å². The van der Waals surface area contributed by atoms with Gasteiger partial charge in [0.2, 0.25) is 5.91 Å². The third-order valence-corrected chi connectivity index (χ3v) is 7.06. The number of terminal acetylenes is 1. The van der Waals surface area contributed by atoms with E-state index in [2.05, 4.69) is 16.6 Å². The summed E-state index contributed by atoms with van der Waals surface area (Å²) in [4.78, 5) is 25.9. The Labute approximate surface area is 202 Å². The van der Waals surface area contributed by atoms with Crippen LogP contribution in [-0.2, 0) is 23.7 Å². The molecule has 0 radical (unpaired) electrons. The Morgan fingerprint density at radius 1 is 1.12 bits per heavy atom. The molecule has 2 aliphatic heterocycles. The lowest BCUT2D eigenvalue weighted by molar-refractivity contribution is -0.121. The predicted octanol–water partition coefficient (Wildman–Crippen LogP) is 1.26. The van der Waals surface area contributed by atoms with Crippen LogP contribution in [-0.4, -0.2) is 106 Å². The lowest BCUT2D eigenvalue weighted by Crippen LogP contribution is -2.40. The van der Waals surface area contributed by atoms with Gasteiger partial charge in [0.25, 0.3) is 0 Å². The van der Waals surface area contributed by atoms with Gasteiger partial charge < -0.3 is 34.5 Å². The summed E-state index contributed by atoms with van der Waals surface area (Å²) in [5, 5.41) is 6.44. The summed E-state index contributed by atoms with van der Waals surface area (Å²) in [5.41, 5.74) is 0. The molecule has 188 valence electrons. The number of urea groups is 1. The van der Waals surface area contributed by atoms with Crippen molar-refractivity contribution in [1.29, 1.82) is 0 Å². The lowest BCUT2D eigenvalue weighted by atomic mass is 10.0. The van der Waals surface area contributed by atoms with E-state index in [0.29, 0.717) is 77.1 Å². The van der Waals surface area contributed by atoms with Crippen molar-refractivity contribution < 1.29 is 28.5 Å². The van der Waals surface area contributed by atoms with Crippen molar-refractivity contribution in [3.8, 4) is 12.3 Å². The van der Waals surface area contributed by atoms with Crippen molar-refractivity contribution in [3.05, 3.63) is 0 Å². The molecule has 33 heavy (non-hydrogen) atoms.